The van der Waals surface area contributed by atoms with Gasteiger partial charge in [-0.3, -0.25) is 9.59 Å². The van der Waals surface area contributed by atoms with Crippen LogP contribution in [-0.4, -0.2) is 30.9 Å². The van der Waals surface area contributed by atoms with Gasteiger partial charge in [-0.05, 0) is 43.9 Å². The third kappa shape index (κ3) is 4.14. The first-order valence-electron chi connectivity index (χ1n) is 7.37. The van der Waals surface area contributed by atoms with Crippen LogP contribution in [0.15, 0.2) is 18.2 Å². The maximum atomic E-state index is 12.1. The molecule has 1 unspecified atom stereocenters. The molecule has 2 rings (SSSR count). The molecule has 0 aliphatic heterocycles. The van der Waals surface area contributed by atoms with Crippen molar-refractivity contribution in [1.82, 2.24) is 10.6 Å². The average Bonchev–Trinajstić information content (AvgIpc) is 3.38. The summed E-state index contributed by atoms with van der Waals surface area (Å²) < 4.78 is 0. The molecule has 23 heavy (non-hydrogen) atoms. The van der Waals surface area contributed by atoms with Gasteiger partial charge in [0.15, 0.2) is 0 Å². The summed E-state index contributed by atoms with van der Waals surface area (Å²) in [6.45, 7) is 1.71. The molecular formula is C16H19ClN4O2. The van der Waals surface area contributed by atoms with Crippen LogP contribution >= 0.6 is 11.6 Å². The number of amides is 2. The highest BCUT2D eigenvalue weighted by Gasteiger charge is 2.42. The van der Waals surface area contributed by atoms with Crippen LogP contribution in [0.25, 0.3) is 0 Å². The molecule has 7 heteroatoms. The van der Waals surface area contributed by atoms with Crippen LogP contribution in [-0.2, 0) is 4.79 Å². The molecule has 0 heterocycles. The Labute approximate surface area is 140 Å². The second kappa shape index (κ2) is 6.88. The third-order valence-corrected chi connectivity index (χ3v) is 4.25. The van der Waals surface area contributed by atoms with E-state index in [1.807, 2.05) is 0 Å². The van der Waals surface area contributed by atoms with E-state index in [-0.39, 0.29) is 24.3 Å². The summed E-state index contributed by atoms with van der Waals surface area (Å²) in [5, 5.41) is 17.8. The molecule has 1 aromatic carbocycles. The second-order valence-corrected chi connectivity index (χ2v) is 6.17. The smallest absolute Gasteiger partial charge is 0.251 e. The van der Waals surface area contributed by atoms with E-state index in [2.05, 4.69) is 22.0 Å². The minimum absolute atomic E-state index is 0.0269. The number of rotatable bonds is 6. The molecule has 6 nitrogen and oxygen atoms in total. The predicted molar refractivity (Wildman–Crippen MR) is 88.2 cm³/mol. The monoisotopic (exact) mass is 334 g/mol. The molecule has 1 aliphatic carbocycles. The van der Waals surface area contributed by atoms with Crippen LogP contribution in [0.2, 0.25) is 5.02 Å². The van der Waals surface area contributed by atoms with Gasteiger partial charge in [0.2, 0.25) is 5.91 Å². The number of benzene rings is 1. The van der Waals surface area contributed by atoms with E-state index >= 15 is 0 Å². The number of carbonyl (C=O) groups is 2. The molecule has 2 amide bonds. The maximum Gasteiger partial charge on any atom is 0.251 e. The van der Waals surface area contributed by atoms with Crippen molar-refractivity contribution in [2.45, 2.75) is 25.3 Å². The summed E-state index contributed by atoms with van der Waals surface area (Å²) in [5.41, 5.74) is 0.111. The van der Waals surface area contributed by atoms with E-state index < -0.39 is 5.54 Å². The van der Waals surface area contributed by atoms with Gasteiger partial charge in [-0.2, -0.15) is 5.26 Å². The van der Waals surface area contributed by atoms with Crippen molar-refractivity contribution in [3.8, 4) is 6.07 Å². The maximum absolute atomic E-state index is 12.1. The van der Waals surface area contributed by atoms with Crippen molar-refractivity contribution in [1.29, 1.82) is 5.26 Å². The number of nitrogens with one attached hydrogen (secondary N) is 3. The average molecular weight is 335 g/mol. The van der Waals surface area contributed by atoms with E-state index in [0.717, 1.165) is 12.8 Å². The highest BCUT2D eigenvalue weighted by molar-refractivity contribution is 6.33. The Kier molecular flexibility index (Phi) is 5.12. The fourth-order valence-electron chi connectivity index (χ4n) is 2.34. The normalized spacial score (nSPS) is 15.9. The Morgan fingerprint density at radius 1 is 1.43 bits per heavy atom. The zero-order valence-corrected chi connectivity index (χ0v) is 13.8. The van der Waals surface area contributed by atoms with Gasteiger partial charge >= 0.3 is 0 Å². The number of hydrogen-bond donors (Lipinski definition) is 3. The van der Waals surface area contributed by atoms with Crippen molar-refractivity contribution in [3.63, 3.8) is 0 Å². The van der Waals surface area contributed by atoms with Gasteiger partial charge in [-0.15, -0.1) is 0 Å². The van der Waals surface area contributed by atoms with Crippen molar-refractivity contribution >= 4 is 29.1 Å². The Morgan fingerprint density at radius 2 is 2.13 bits per heavy atom. The van der Waals surface area contributed by atoms with Gasteiger partial charge in [0.25, 0.3) is 5.91 Å². The van der Waals surface area contributed by atoms with Crippen molar-refractivity contribution in [2.24, 2.45) is 5.92 Å². The summed E-state index contributed by atoms with van der Waals surface area (Å²) in [6, 6.07) is 6.95. The standard InChI is InChI=1S/C16H19ClN4O2/c1-16(9-18,11-4-5-11)21-14(22)8-20-13-7-10(15(23)19-2)3-6-12(13)17/h3,6-7,11,20H,4-5,8H2,1-2H3,(H,19,23)(H,21,22). The minimum Gasteiger partial charge on any atom is -0.375 e. The number of halogens is 1. The van der Waals surface area contributed by atoms with Crippen LogP contribution in [0.5, 0.6) is 0 Å². The van der Waals surface area contributed by atoms with Crippen LogP contribution in [0.4, 0.5) is 5.69 Å². The lowest BCUT2D eigenvalue weighted by Crippen LogP contribution is -2.48. The number of carbonyl (C=O) groups excluding carboxylic acids is 2. The Balaban J connectivity index is 1.99. The molecule has 3 N–H and O–H groups in total. The molecule has 0 bridgehead atoms. The van der Waals surface area contributed by atoms with E-state index in [1.165, 1.54) is 7.05 Å². The Hall–Kier alpha value is -2.26. The third-order valence-electron chi connectivity index (χ3n) is 3.92. The predicted octanol–water partition coefficient (Wildman–Crippen LogP) is 1.92. The Bertz CT molecular complexity index is 667. The molecule has 1 atom stereocenters. The lowest BCUT2D eigenvalue weighted by molar-refractivity contribution is -0.120. The minimum atomic E-state index is -0.827. The zero-order valence-electron chi connectivity index (χ0n) is 13.1. The van der Waals surface area contributed by atoms with Crippen molar-refractivity contribution in [3.05, 3.63) is 28.8 Å². The highest BCUT2D eigenvalue weighted by atomic mass is 35.5. The van der Waals surface area contributed by atoms with Gasteiger partial charge in [0.05, 0.1) is 23.3 Å². The fraction of sp³-hybridized carbons (Fsp3) is 0.438. The molecule has 1 aliphatic rings. The Morgan fingerprint density at radius 3 is 2.70 bits per heavy atom. The van der Waals surface area contributed by atoms with Gasteiger partial charge in [-0.1, -0.05) is 11.6 Å². The summed E-state index contributed by atoms with van der Waals surface area (Å²) >= 11 is 6.07. The van der Waals surface area contributed by atoms with E-state index in [4.69, 9.17) is 11.6 Å². The van der Waals surface area contributed by atoms with Gasteiger partial charge < -0.3 is 16.0 Å². The molecule has 1 fully saturated rings. The lowest BCUT2D eigenvalue weighted by atomic mass is 9.98. The van der Waals surface area contributed by atoms with E-state index in [1.54, 1.807) is 25.1 Å². The van der Waals surface area contributed by atoms with Crippen molar-refractivity contribution < 1.29 is 9.59 Å². The molecule has 1 saturated carbocycles. The molecule has 0 aromatic heterocycles. The molecule has 0 saturated heterocycles. The van der Waals surface area contributed by atoms with E-state index in [0.29, 0.717) is 16.3 Å². The van der Waals surface area contributed by atoms with E-state index in [9.17, 15) is 14.9 Å². The number of nitrogens with zero attached hydrogens (tertiary/aromatic N) is 1. The van der Waals surface area contributed by atoms with Crippen LogP contribution in [0, 0.1) is 17.2 Å². The molecule has 122 valence electrons. The number of hydrogen-bond acceptors (Lipinski definition) is 4. The SMILES string of the molecule is CNC(=O)c1ccc(Cl)c(NCC(=O)NC(C)(C#N)C2CC2)c1. The first kappa shape index (κ1) is 17.1. The molecule has 0 spiro atoms. The second-order valence-electron chi connectivity index (χ2n) is 5.76. The summed E-state index contributed by atoms with van der Waals surface area (Å²) in [4.78, 5) is 23.7. The molecule has 0 radical (unpaired) electrons. The fourth-order valence-corrected chi connectivity index (χ4v) is 2.52. The topological polar surface area (TPSA) is 94.0 Å². The number of anilines is 1. The van der Waals surface area contributed by atoms with Crippen LogP contribution in [0.1, 0.15) is 30.1 Å². The molecule has 1 aromatic rings. The number of nitriles is 1. The summed E-state index contributed by atoms with van der Waals surface area (Å²) in [6.07, 6.45) is 1.91. The summed E-state index contributed by atoms with van der Waals surface area (Å²) in [7, 11) is 1.54. The largest absolute Gasteiger partial charge is 0.375 e. The molecular weight excluding hydrogens is 316 g/mol. The quantitative estimate of drug-likeness (QED) is 0.740. The van der Waals surface area contributed by atoms with Crippen LogP contribution < -0.4 is 16.0 Å². The summed E-state index contributed by atoms with van der Waals surface area (Å²) in [5.74, 6) is -0.307. The first-order chi connectivity index (χ1) is 10.9. The lowest BCUT2D eigenvalue weighted by Gasteiger charge is -2.23. The van der Waals surface area contributed by atoms with Gasteiger partial charge in [0.1, 0.15) is 5.54 Å². The zero-order chi connectivity index (χ0) is 17.0. The van der Waals surface area contributed by atoms with Gasteiger partial charge in [0, 0.05) is 12.6 Å². The highest BCUT2D eigenvalue weighted by Crippen LogP contribution is 2.39. The van der Waals surface area contributed by atoms with Crippen molar-refractivity contribution in [2.75, 3.05) is 18.9 Å². The van der Waals surface area contributed by atoms with Gasteiger partial charge in [-0.25, -0.2) is 0 Å². The first-order valence-corrected chi connectivity index (χ1v) is 7.75. The van der Waals surface area contributed by atoms with Crippen LogP contribution in [0.3, 0.4) is 0 Å².